The average molecular weight is 387 g/mol. The van der Waals surface area contributed by atoms with Crippen molar-refractivity contribution in [3.63, 3.8) is 0 Å². The van der Waals surface area contributed by atoms with Crippen LogP contribution in [-0.2, 0) is 4.79 Å². The van der Waals surface area contributed by atoms with Gasteiger partial charge in [0.05, 0.1) is 0 Å². The molecule has 0 fully saturated rings. The maximum Gasteiger partial charge on any atom is 0.330 e. The lowest BCUT2D eigenvalue weighted by Gasteiger charge is -2.15. The highest BCUT2D eigenvalue weighted by atomic mass is 35.5. The fraction of sp³-hybridized carbons (Fsp3) is 0.286. The van der Waals surface area contributed by atoms with Crippen molar-refractivity contribution >= 4 is 23.5 Å². The number of aliphatic carboxylic acids is 1. The van der Waals surface area contributed by atoms with Gasteiger partial charge in [-0.05, 0) is 42.2 Å². The fourth-order valence-corrected chi connectivity index (χ4v) is 2.65. The Morgan fingerprint density at radius 3 is 2.52 bits per heavy atom. The number of allylic oxidation sites excluding steroid dienone is 1. The zero-order chi connectivity index (χ0) is 20.2. The van der Waals surface area contributed by atoms with Crippen LogP contribution in [0.5, 0.6) is 0 Å². The highest BCUT2D eigenvalue weighted by molar-refractivity contribution is 6.29. The summed E-state index contributed by atoms with van der Waals surface area (Å²) in [5.41, 5.74) is 2.60. The van der Waals surface area contributed by atoms with Gasteiger partial charge in [0, 0.05) is 16.8 Å². The first kappa shape index (κ1) is 20.6. The Bertz CT molecular complexity index is 885. The molecule has 142 valence electrons. The van der Waals surface area contributed by atoms with Crippen molar-refractivity contribution in [3.8, 4) is 11.1 Å². The average Bonchev–Trinajstić information content (AvgIpc) is 2.57. The van der Waals surface area contributed by atoms with Gasteiger partial charge < -0.3 is 10.4 Å². The zero-order valence-corrected chi connectivity index (χ0v) is 16.5. The second-order valence-corrected chi connectivity index (χ2v) is 7.75. The topological polar surface area (TPSA) is 79.3 Å². The van der Waals surface area contributed by atoms with E-state index >= 15 is 0 Å². The maximum atomic E-state index is 12.6. The van der Waals surface area contributed by atoms with Gasteiger partial charge in [-0.25, -0.2) is 9.78 Å². The van der Waals surface area contributed by atoms with Crippen molar-refractivity contribution in [3.05, 3.63) is 65.0 Å². The predicted octanol–water partition coefficient (Wildman–Crippen LogP) is 4.50. The van der Waals surface area contributed by atoms with Crippen LogP contribution in [0.3, 0.4) is 0 Å². The number of carbonyl (C=O) groups excluding carboxylic acids is 1. The van der Waals surface area contributed by atoms with E-state index in [1.807, 2.05) is 39.8 Å². The third-order valence-electron chi connectivity index (χ3n) is 3.83. The van der Waals surface area contributed by atoms with Crippen molar-refractivity contribution in [2.24, 2.45) is 5.41 Å². The zero-order valence-electron chi connectivity index (χ0n) is 15.8. The second-order valence-electron chi connectivity index (χ2n) is 7.36. The monoisotopic (exact) mass is 386 g/mol. The van der Waals surface area contributed by atoms with Crippen LogP contribution < -0.4 is 5.32 Å². The van der Waals surface area contributed by atoms with Crippen LogP contribution in [0.25, 0.3) is 11.1 Å². The summed E-state index contributed by atoms with van der Waals surface area (Å²) < 4.78 is 0. The van der Waals surface area contributed by atoms with Crippen LogP contribution in [0.15, 0.2) is 48.6 Å². The van der Waals surface area contributed by atoms with E-state index in [1.165, 1.54) is 6.08 Å². The lowest BCUT2D eigenvalue weighted by molar-refractivity contribution is -0.137. The summed E-state index contributed by atoms with van der Waals surface area (Å²) in [6.07, 6.45) is 3.27. The molecule has 0 saturated heterocycles. The molecule has 6 heteroatoms. The molecule has 2 aromatic rings. The second kappa shape index (κ2) is 8.35. The van der Waals surface area contributed by atoms with E-state index in [0.717, 1.165) is 16.8 Å². The lowest BCUT2D eigenvalue weighted by atomic mass is 9.95. The van der Waals surface area contributed by atoms with Gasteiger partial charge in [0.25, 0.3) is 5.91 Å². The quantitative estimate of drug-likeness (QED) is 0.585. The van der Waals surface area contributed by atoms with E-state index in [4.69, 9.17) is 11.6 Å². The number of nitrogens with one attached hydrogen (secondary N) is 1. The van der Waals surface area contributed by atoms with Crippen LogP contribution in [0.1, 0.15) is 36.8 Å². The molecule has 27 heavy (non-hydrogen) atoms. The first-order chi connectivity index (χ1) is 12.6. The third-order valence-corrected chi connectivity index (χ3v) is 4.04. The number of hydrogen-bond acceptors (Lipinski definition) is 3. The molecule has 1 amide bonds. The van der Waals surface area contributed by atoms with E-state index < -0.39 is 17.9 Å². The molecule has 0 aliphatic heterocycles. The standard InChI is InChI=1S/C21H23ClN2O3/c1-13-16(8-9-18(22)23-13)14-6-5-7-15(12-14)19(25)24-17(20(26)27)10-11-21(2,3)4/h5-12,17H,1-4H3,(H,24,25)(H,26,27)/b11-10+. The number of benzene rings is 1. The van der Waals surface area contributed by atoms with Gasteiger partial charge in [-0.2, -0.15) is 0 Å². The van der Waals surface area contributed by atoms with Crippen molar-refractivity contribution in [1.82, 2.24) is 10.3 Å². The molecule has 0 aliphatic rings. The van der Waals surface area contributed by atoms with Crippen molar-refractivity contribution < 1.29 is 14.7 Å². The number of carboxylic acids is 1. The van der Waals surface area contributed by atoms with Gasteiger partial charge in [0.15, 0.2) is 0 Å². The van der Waals surface area contributed by atoms with Crippen molar-refractivity contribution in [2.75, 3.05) is 0 Å². The smallest absolute Gasteiger partial charge is 0.330 e. The number of aryl methyl sites for hydroxylation is 1. The summed E-state index contributed by atoms with van der Waals surface area (Å²) in [5, 5.41) is 12.3. The van der Waals surface area contributed by atoms with Gasteiger partial charge >= 0.3 is 5.97 Å². The summed E-state index contributed by atoms with van der Waals surface area (Å²) in [5.74, 6) is -1.57. The number of rotatable bonds is 5. The Morgan fingerprint density at radius 1 is 1.22 bits per heavy atom. The minimum atomic E-state index is -1.11. The molecule has 0 bridgehead atoms. The Balaban J connectivity index is 2.26. The number of carboxylic acid groups (broad SMARTS) is 1. The normalized spacial score (nSPS) is 12.8. The molecular weight excluding hydrogens is 364 g/mol. The van der Waals surface area contributed by atoms with E-state index in [-0.39, 0.29) is 5.41 Å². The molecule has 1 heterocycles. The Hall–Kier alpha value is -2.66. The molecular formula is C21H23ClN2O3. The molecule has 1 unspecified atom stereocenters. The summed E-state index contributed by atoms with van der Waals surface area (Å²) in [6.45, 7) is 7.70. The first-order valence-corrected chi connectivity index (χ1v) is 8.91. The summed E-state index contributed by atoms with van der Waals surface area (Å²) in [6, 6.07) is 9.40. The molecule has 0 aliphatic carbocycles. The molecule has 1 aromatic carbocycles. The van der Waals surface area contributed by atoms with Crippen LogP contribution in [0, 0.1) is 12.3 Å². The molecule has 5 nitrogen and oxygen atoms in total. The highest BCUT2D eigenvalue weighted by Crippen LogP contribution is 2.24. The van der Waals surface area contributed by atoms with Crippen LogP contribution in [-0.4, -0.2) is 28.0 Å². The maximum absolute atomic E-state index is 12.6. The summed E-state index contributed by atoms with van der Waals surface area (Å²) >= 11 is 5.90. The molecule has 0 radical (unpaired) electrons. The number of amides is 1. The molecule has 0 spiro atoms. The van der Waals surface area contributed by atoms with E-state index in [2.05, 4.69) is 10.3 Å². The SMILES string of the molecule is Cc1nc(Cl)ccc1-c1cccc(C(=O)NC(/C=C/C(C)(C)C)C(=O)O)c1. The largest absolute Gasteiger partial charge is 0.479 e. The molecule has 2 rings (SSSR count). The van der Waals surface area contributed by atoms with Gasteiger partial charge in [-0.3, -0.25) is 4.79 Å². The van der Waals surface area contributed by atoms with E-state index in [1.54, 1.807) is 30.3 Å². The van der Waals surface area contributed by atoms with Crippen molar-refractivity contribution in [2.45, 2.75) is 33.7 Å². The van der Waals surface area contributed by atoms with Gasteiger partial charge in [-0.1, -0.05) is 56.7 Å². The molecule has 1 atom stereocenters. The van der Waals surface area contributed by atoms with Gasteiger partial charge in [0.1, 0.15) is 11.2 Å². The van der Waals surface area contributed by atoms with Gasteiger partial charge in [0.2, 0.25) is 0 Å². The highest BCUT2D eigenvalue weighted by Gasteiger charge is 2.19. The number of carbonyl (C=O) groups is 2. The number of aromatic nitrogens is 1. The minimum absolute atomic E-state index is 0.183. The molecule has 2 N–H and O–H groups in total. The van der Waals surface area contributed by atoms with E-state index in [9.17, 15) is 14.7 Å². The third kappa shape index (κ3) is 5.93. The Morgan fingerprint density at radius 2 is 1.93 bits per heavy atom. The lowest BCUT2D eigenvalue weighted by Crippen LogP contribution is -2.39. The first-order valence-electron chi connectivity index (χ1n) is 8.53. The number of hydrogen-bond donors (Lipinski definition) is 2. The van der Waals surface area contributed by atoms with Crippen molar-refractivity contribution in [1.29, 1.82) is 0 Å². The fourth-order valence-electron chi connectivity index (χ4n) is 2.47. The predicted molar refractivity (Wildman–Crippen MR) is 107 cm³/mol. The van der Waals surface area contributed by atoms with Gasteiger partial charge in [-0.15, -0.1) is 0 Å². The summed E-state index contributed by atoms with van der Waals surface area (Å²) in [4.78, 5) is 28.2. The van der Waals surface area contributed by atoms with Crippen LogP contribution in [0.4, 0.5) is 0 Å². The summed E-state index contributed by atoms with van der Waals surface area (Å²) in [7, 11) is 0. The van der Waals surface area contributed by atoms with E-state index in [0.29, 0.717) is 10.7 Å². The van der Waals surface area contributed by atoms with Crippen LogP contribution >= 0.6 is 11.6 Å². The molecule has 1 aromatic heterocycles. The van der Waals surface area contributed by atoms with Crippen LogP contribution in [0.2, 0.25) is 5.15 Å². The number of nitrogens with zero attached hydrogens (tertiary/aromatic N) is 1. The number of pyridine rings is 1. The Labute approximate surface area is 164 Å². The minimum Gasteiger partial charge on any atom is -0.479 e. The Kier molecular flexibility index (Phi) is 6.39. The molecule has 0 saturated carbocycles. The number of halogens is 1.